The first kappa shape index (κ1) is 18.5. The van der Waals surface area contributed by atoms with Crippen LogP contribution in [0.2, 0.25) is 0 Å². The van der Waals surface area contributed by atoms with E-state index in [9.17, 15) is 9.59 Å². The Hall–Kier alpha value is -2.83. The number of carbonyl (C=O) groups excluding carboxylic acids is 2. The third-order valence-corrected chi connectivity index (χ3v) is 5.64. The largest absolute Gasteiger partial charge is 0.318 e. The molecule has 0 atom stereocenters. The van der Waals surface area contributed by atoms with Crippen molar-refractivity contribution in [2.45, 2.75) is 44.9 Å². The Labute approximate surface area is 164 Å². The number of aliphatic imine (C=N–C) groups is 2. The number of carbonyl (C=O) groups is 2. The van der Waals surface area contributed by atoms with Crippen LogP contribution in [0.5, 0.6) is 0 Å². The van der Waals surface area contributed by atoms with Gasteiger partial charge < -0.3 is 4.90 Å². The second kappa shape index (κ2) is 8.46. The number of amides is 2. The van der Waals surface area contributed by atoms with Crippen LogP contribution in [-0.4, -0.2) is 46.5 Å². The standard InChI is InChI=1S/C21H25N5O2/c27-19(6-5-15-3-1-2-4-15)26-12-9-18-17(14-26)13-23-21(24-18)25-20(28)16-7-10-22-11-8-16/h7-8,10-11,14-15H,1-6,9,12-13H2,(H,23,25,28). The maximum atomic E-state index is 12.5. The number of hydrogen-bond acceptors (Lipinski definition) is 5. The van der Waals surface area contributed by atoms with E-state index in [1.54, 1.807) is 24.5 Å². The van der Waals surface area contributed by atoms with Gasteiger partial charge in [-0.3, -0.25) is 19.9 Å². The topological polar surface area (TPSA) is 87.0 Å². The number of nitrogens with zero attached hydrogens (tertiary/aromatic N) is 4. The summed E-state index contributed by atoms with van der Waals surface area (Å²) in [7, 11) is 0. The first-order chi connectivity index (χ1) is 13.7. The van der Waals surface area contributed by atoms with Crippen molar-refractivity contribution in [2.75, 3.05) is 13.1 Å². The molecule has 1 fully saturated rings. The lowest BCUT2D eigenvalue weighted by Crippen LogP contribution is -2.37. The summed E-state index contributed by atoms with van der Waals surface area (Å²) in [4.78, 5) is 39.3. The zero-order valence-electron chi connectivity index (χ0n) is 15.9. The van der Waals surface area contributed by atoms with Crippen LogP contribution < -0.4 is 5.32 Å². The van der Waals surface area contributed by atoms with Crippen LogP contribution in [0.1, 0.15) is 55.3 Å². The van der Waals surface area contributed by atoms with Gasteiger partial charge in [0.25, 0.3) is 5.91 Å². The van der Waals surface area contributed by atoms with E-state index in [0.717, 1.165) is 23.6 Å². The fraction of sp³-hybridized carbons (Fsp3) is 0.476. The van der Waals surface area contributed by atoms with Gasteiger partial charge in [-0.25, -0.2) is 9.98 Å². The van der Waals surface area contributed by atoms with Gasteiger partial charge >= 0.3 is 0 Å². The molecule has 0 aromatic carbocycles. The molecule has 2 aliphatic heterocycles. The predicted octanol–water partition coefficient (Wildman–Crippen LogP) is 2.71. The van der Waals surface area contributed by atoms with Crippen molar-refractivity contribution in [2.24, 2.45) is 15.9 Å². The fourth-order valence-corrected chi connectivity index (χ4v) is 4.01. The molecule has 0 radical (unpaired) electrons. The summed E-state index contributed by atoms with van der Waals surface area (Å²) >= 11 is 0. The van der Waals surface area contributed by atoms with Gasteiger partial charge in [0, 0.05) is 49.1 Å². The molecular weight excluding hydrogens is 354 g/mol. The second-order valence-corrected chi connectivity index (χ2v) is 7.57. The minimum atomic E-state index is -0.252. The van der Waals surface area contributed by atoms with Gasteiger partial charge in [-0.1, -0.05) is 25.7 Å². The smallest absolute Gasteiger partial charge is 0.258 e. The highest BCUT2D eigenvalue weighted by Gasteiger charge is 2.25. The first-order valence-corrected chi connectivity index (χ1v) is 10.0. The molecule has 7 nitrogen and oxygen atoms in total. The molecule has 1 aromatic heterocycles. The van der Waals surface area contributed by atoms with Crippen LogP contribution in [0.3, 0.4) is 0 Å². The zero-order valence-corrected chi connectivity index (χ0v) is 15.9. The molecule has 0 spiro atoms. The summed E-state index contributed by atoms with van der Waals surface area (Å²) in [6.45, 7) is 1.06. The third-order valence-electron chi connectivity index (χ3n) is 5.64. The number of guanidine groups is 1. The first-order valence-electron chi connectivity index (χ1n) is 10.0. The van der Waals surface area contributed by atoms with Crippen molar-refractivity contribution in [1.29, 1.82) is 0 Å². The lowest BCUT2D eigenvalue weighted by Gasteiger charge is -2.28. The summed E-state index contributed by atoms with van der Waals surface area (Å²) in [6, 6.07) is 3.29. The third kappa shape index (κ3) is 4.35. The van der Waals surface area contributed by atoms with Crippen LogP contribution in [0, 0.1) is 5.92 Å². The molecule has 4 rings (SSSR count). The minimum Gasteiger partial charge on any atom is -0.318 e. The van der Waals surface area contributed by atoms with Gasteiger partial charge in [0.2, 0.25) is 11.9 Å². The molecular formula is C21H25N5O2. The van der Waals surface area contributed by atoms with E-state index in [1.807, 2.05) is 11.1 Å². The lowest BCUT2D eigenvalue weighted by atomic mass is 10.00. The Kier molecular flexibility index (Phi) is 5.60. The van der Waals surface area contributed by atoms with Crippen molar-refractivity contribution in [3.8, 4) is 0 Å². The van der Waals surface area contributed by atoms with Crippen LogP contribution in [0.4, 0.5) is 0 Å². The highest BCUT2D eigenvalue weighted by Crippen LogP contribution is 2.29. The quantitative estimate of drug-likeness (QED) is 0.872. The van der Waals surface area contributed by atoms with Crippen molar-refractivity contribution < 1.29 is 9.59 Å². The molecule has 1 aromatic rings. The van der Waals surface area contributed by atoms with E-state index in [1.165, 1.54) is 25.7 Å². The molecule has 146 valence electrons. The molecule has 1 N–H and O–H groups in total. The number of hydrogen-bond donors (Lipinski definition) is 1. The van der Waals surface area contributed by atoms with Crippen molar-refractivity contribution >= 4 is 23.5 Å². The number of fused-ring (bicyclic) bond motifs is 1. The van der Waals surface area contributed by atoms with Crippen LogP contribution >= 0.6 is 0 Å². The number of pyridine rings is 1. The monoisotopic (exact) mass is 379 g/mol. The molecule has 0 saturated heterocycles. The Balaban J connectivity index is 1.34. The minimum absolute atomic E-state index is 0.194. The SMILES string of the molecule is O=C(NC1=NCC2=CN(C(=O)CCC3CCCC3)CCC2=N1)c1ccncc1. The van der Waals surface area contributed by atoms with E-state index in [4.69, 9.17) is 0 Å². The van der Waals surface area contributed by atoms with Gasteiger partial charge in [-0.15, -0.1) is 0 Å². The average molecular weight is 379 g/mol. The van der Waals surface area contributed by atoms with Gasteiger partial charge in [-0.05, 0) is 24.5 Å². The summed E-state index contributed by atoms with van der Waals surface area (Å²) < 4.78 is 0. The lowest BCUT2D eigenvalue weighted by molar-refractivity contribution is -0.129. The normalized spacial score (nSPS) is 19.4. The van der Waals surface area contributed by atoms with Gasteiger partial charge in [-0.2, -0.15) is 0 Å². The Morgan fingerprint density at radius 3 is 2.75 bits per heavy atom. The number of rotatable bonds is 4. The Morgan fingerprint density at radius 2 is 1.96 bits per heavy atom. The molecule has 3 heterocycles. The molecule has 1 saturated carbocycles. The molecule has 2 amide bonds. The zero-order chi connectivity index (χ0) is 19.3. The second-order valence-electron chi connectivity index (χ2n) is 7.57. The van der Waals surface area contributed by atoms with Crippen molar-refractivity contribution in [3.63, 3.8) is 0 Å². The van der Waals surface area contributed by atoms with Crippen LogP contribution in [0.15, 0.2) is 46.3 Å². The Bertz CT molecular complexity index is 838. The molecule has 3 aliphatic rings. The number of aromatic nitrogens is 1. The van der Waals surface area contributed by atoms with E-state index in [-0.39, 0.29) is 11.8 Å². The Morgan fingerprint density at radius 1 is 1.18 bits per heavy atom. The number of nitrogens with one attached hydrogen (secondary N) is 1. The fourth-order valence-electron chi connectivity index (χ4n) is 4.01. The van der Waals surface area contributed by atoms with Crippen LogP contribution in [-0.2, 0) is 4.79 Å². The van der Waals surface area contributed by atoms with Gasteiger partial charge in [0.05, 0.1) is 12.3 Å². The molecule has 28 heavy (non-hydrogen) atoms. The summed E-state index contributed by atoms with van der Waals surface area (Å²) in [5.41, 5.74) is 2.38. The van der Waals surface area contributed by atoms with Crippen molar-refractivity contribution in [1.82, 2.24) is 15.2 Å². The van der Waals surface area contributed by atoms with E-state index in [2.05, 4.69) is 20.3 Å². The van der Waals surface area contributed by atoms with Gasteiger partial charge in [0.15, 0.2) is 0 Å². The maximum absolute atomic E-state index is 12.5. The van der Waals surface area contributed by atoms with E-state index < -0.39 is 0 Å². The molecule has 0 bridgehead atoms. The predicted molar refractivity (Wildman–Crippen MR) is 107 cm³/mol. The highest BCUT2D eigenvalue weighted by atomic mass is 16.2. The highest BCUT2D eigenvalue weighted by molar-refractivity contribution is 6.14. The maximum Gasteiger partial charge on any atom is 0.258 e. The van der Waals surface area contributed by atoms with E-state index >= 15 is 0 Å². The molecule has 0 unspecified atom stereocenters. The molecule has 7 heteroatoms. The van der Waals surface area contributed by atoms with Crippen molar-refractivity contribution in [3.05, 3.63) is 41.9 Å². The van der Waals surface area contributed by atoms with Crippen LogP contribution in [0.25, 0.3) is 0 Å². The summed E-state index contributed by atoms with van der Waals surface area (Å²) in [6.07, 6.45) is 12.5. The van der Waals surface area contributed by atoms with E-state index in [0.29, 0.717) is 37.5 Å². The average Bonchev–Trinajstić information content (AvgIpc) is 3.26. The van der Waals surface area contributed by atoms with Gasteiger partial charge in [0.1, 0.15) is 0 Å². The molecule has 1 aliphatic carbocycles. The summed E-state index contributed by atoms with van der Waals surface area (Å²) in [5.74, 6) is 0.996. The summed E-state index contributed by atoms with van der Waals surface area (Å²) in [5, 5.41) is 2.74.